The number of rotatable bonds is 4. The molecule has 1 atom stereocenters. The second kappa shape index (κ2) is 5.86. The maximum Gasteiger partial charge on any atom is 0.0222 e. The first kappa shape index (κ1) is 8.73. The number of halogens is 1. The highest BCUT2D eigenvalue weighted by Gasteiger charge is 1.88. The Morgan fingerprint density at radius 1 is 1.78 bits per heavy atom. The predicted molar refractivity (Wildman–Crippen MR) is 42.7 cm³/mol. The minimum atomic E-state index is 0.359. The third kappa shape index (κ3) is 5.60. The maximum absolute atomic E-state index is 5.28. The Balaban J connectivity index is 3.16. The SMILES string of the molecule is C=CC(C)NC/C=C/Cl. The zero-order chi connectivity index (χ0) is 7.11. The van der Waals surface area contributed by atoms with E-state index >= 15 is 0 Å². The smallest absolute Gasteiger partial charge is 0.0222 e. The Labute approximate surface area is 61.4 Å². The van der Waals surface area contributed by atoms with Crippen molar-refractivity contribution < 1.29 is 0 Å². The third-order valence-electron chi connectivity index (χ3n) is 1.00. The van der Waals surface area contributed by atoms with Gasteiger partial charge in [0.05, 0.1) is 0 Å². The summed E-state index contributed by atoms with van der Waals surface area (Å²) in [4.78, 5) is 0. The summed E-state index contributed by atoms with van der Waals surface area (Å²) in [6.07, 6.45) is 3.70. The minimum absolute atomic E-state index is 0.359. The molecule has 0 aliphatic carbocycles. The van der Waals surface area contributed by atoms with Crippen LogP contribution in [0, 0.1) is 0 Å². The van der Waals surface area contributed by atoms with Crippen LogP contribution in [0.5, 0.6) is 0 Å². The number of hydrogen-bond donors (Lipinski definition) is 1. The Morgan fingerprint density at radius 2 is 2.44 bits per heavy atom. The van der Waals surface area contributed by atoms with Crippen LogP contribution in [0.1, 0.15) is 6.92 Å². The van der Waals surface area contributed by atoms with Gasteiger partial charge >= 0.3 is 0 Å². The van der Waals surface area contributed by atoms with Crippen molar-refractivity contribution in [3.63, 3.8) is 0 Å². The molecule has 0 radical (unpaired) electrons. The first-order chi connectivity index (χ1) is 4.31. The summed E-state index contributed by atoms with van der Waals surface area (Å²) in [5, 5.41) is 3.14. The zero-order valence-electron chi connectivity index (χ0n) is 5.60. The molecule has 1 N–H and O–H groups in total. The molecular weight excluding hydrogens is 134 g/mol. The van der Waals surface area contributed by atoms with Crippen molar-refractivity contribution >= 4 is 11.6 Å². The van der Waals surface area contributed by atoms with Crippen LogP contribution < -0.4 is 5.32 Å². The highest BCUT2D eigenvalue weighted by molar-refractivity contribution is 6.25. The van der Waals surface area contributed by atoms with Gasteiger partial charge in [-0.3, -0.25) is 0 Å². The van der Waals surface area contributed by atoms with E-state index in [-0.39, 0.29) is 0 Å². The van der Waals surface area contributed by atoms with E-state index in [1.54, 1.807) is 0 Å². The van der Waals surface area contributed by atoms with Crippen LogP contribution in [0.25, 0.3) is 0 Å². The Kier molecular flexibility index (Phi) is 5.68. The lowest BCUT2D eigenvalue weighted by Crippen LogP contribution is -2.23. The highest BCUT2D eigenvalue weighted by Crippen LogP contribution is 1.81. The van der Waals surface area contributed by atoms with E-state index in [0.29, 0.717) is 6.04 Å². The lowest BCUT2D eigenvalue weighted by Gasteiger charge is -2.03. The molecule has 0 heterocycles. The van der Waals surface area contributed by atoms with Gasteiger partial charge in [-0.05, 0) is 6.92 Å². The van der Waals surface area contributed by atoms with E-state index in [1.807, 2.05) is 19.1 Å². The second-order valence-electron chi connectivity index (χ2n) is 1.79. The molecule has 0 saturated carbocycles. The van der Waals surface area contributed by atoms with Crippen molar-refractivity contribution in [2.45, 2.75) is 13.0 Å². The van der Waals surface area contributed by atoms with Crippen LogP contribution in [-0.4, -0.2) is 12.6 Å². The summed E-state index contributed by atoms with van der Waals surface area (Å²) in [5.41, 5.74) is 1.50. The van der Waals surface area contributed by atoms with Gasteiger partial charge in [-0.15, -0.1) is 6.58 Å². The van der Waals surface area contributed by atoms with Crippen LogP contribution >= 0.6 is 11.6 Å². The van der Waals surface area contributed by atoms with Gasteiger partial charge in [-0.1, -0.05) is 23.8 Å². The van der Waals surface area contributed by atoms with Crippen LogP contribution in [0.3, 0.4) is 0 Å². The molecule has 1 nitrogen and oxygen atoms in total. The van der Waals surface area contributed by atoms with E-state index in [0.717, 1.165) is 6.54 Å². The molecule has 52 valence electrons. The average Bonchev–Trinajstić information content (AvgIpc) is 1.89. The summed E-state index contributed by atoms with van der Waals surface area (Å²) in [6, 6.07) is 0.359. The number of nitrogens with one attached hydrogen (secondary N) is 1. The second-order valence-corrected chi connectivity index (χ2v) is 2.05. The largest absolute Gasteiger partial charge is 0.307 e. The molecule has 0 saturated heterocycles. The molecule has 0 fully saturated rings. The monoisotopic (exact) mass is 145 g/mol. The first-order valence-corrected chi connectivity index (χ1v) is 3.36. The third-order valence-corrected chi connectivity index (χ3v) is 1.18. The quantitative estimate of drug-likeness (QED) is 0.596. The van der Waals surface area contributed by atoms with Crippen LogP contribution in [-0.2, 0) is 0 Å². The van der Waals surface area contributed by atoms with Crippen LogP contribution in [0.2, 0.25) is 0 Å². The lowest BCUT2D eigenvalue weighted by molar-refractivity contribution is 0.687. The molecule has 0 aromatic heterocycles. The van der Waals surface area contributed by atoms with Crippen molar-refractivity contribution in [2.75, 3.05) is 6.54 Å². The summed E-state index contributed by atoms with van der Waals surface area (Å²) < 4.78 is 0. The highest BCUT2D eigenvalue weighted by atomic mass is 35.5. The summed E-state index contributed by atoms with van der Waals surface area (Å²) in [6.45, 7) is 6.46. The van der Waals surface area contributed by atoms with E-state index in [4.69, 9.17) is 11.6 Å². The predicted octanol–water partition coefficient (Wildman–Crippen LogP) is 1.90. The Hall–Kier alpha value is -0.270. The maximum atomic E-state index is 5.28. The van der Waals surface area contributed by atoms with Crippen molar-refractivity contribution in [3.05, 3.63) is 24.3 Å². The van der Waals surface area contributed by atoms with Crippen molar-refractivity contribution in [1.29, 1.82) is 0 Å². The topological polar surface area (TPSA) is 12.0 Å². The van der Waals surface area contributed by atoms with Gasteiger partial charge in [0.1, 0.15) is 0 Å². The zero-order valence-corrected chi connectivity index (χ0v) is 6.36. The summed E-state index contributed by atoms with van der Waals surface area (Å²) >= 11 is 5.28. The van der Waals surface area contributed by atoms with Crippen LogP contribution in [0.4, 0.5) is 0 Å². The van der Waals surface area contributed by atoms with Gasteiger partial charge in [0.2, 0.25) is 0 Å². The summed E-state index contributed by atoms with van der Waals surface area (Å²) in [5.74, 6) is 0. The fourth-order valence-electron chi connectivity index (χ4n) is 0.382. The first-order valence-electron chi connectivity index (χ1n) is 2.92. The average molecular weight is 146 g/mol. The molecule has 1 unspecified atom stereocenters. The van der Waals surface area contributed by atoms with E-state index in [2.05, 4.69) is 11.9 Å². The van der Waals surface area contributed by atoms with E-state index in [1.165, 1.54) is 5.54 Å². The Bertz CT molecular complexity index is 99.1. The normalized spacial score (nSPS) is 14.0. The minimum Gasteiger partial charge on any atom is -0.307 e. The molecule has 2 heteroatoms. The molecule has 0 aromatic carbocycles. The van der Waals surface area contributed by atoms with Crippen molar-refractivity contribution in [3.8, 4) is 0 Å². The van der Waals surface area contributed by atoms with Crippen molar-refractivity contribution in [1.82, 2.24) is 5.32 Å². The fraction of sp³-hybridized carbons (Fsp3) is 0.429. The van der Waals surface area contributed by atoms with E-state index in [9.17, 15) is 0 Å². The summed E-state index contributed by atoms with van der Waals surface area (Å²) in [7, 11) is 0. The molecule has 0 aliphatic heterocycles. The van der Waals surface area contributed by atoms with Gasteiger partial charge in [-0.25, -0.2) is 0 Å². The van der Waals surface area contributed by atoms with Gasteiger partial charge < -0.3 is 5.32 Å². The molecule has 0 rings (SSSR count). The molecule has 0 bridgehead atoms. The van der Waals surface area contributed by atoms with Crippen LogP contribution in [0.15, 0.2) is 24.3 Å². The standard InChI is InChI=1S/C7H12ClN/c1-3-7(2)9-6-4-5-8/h3-5,7,9H,1,6H2,2H3/b5-4+. The molecular formula is C7H12ClN. The fourth-order valence-corrected chi connectivity index (χ4v) is 0.471. The molecule has 0 aliphatic rings. The van der Waals surface area contributed by atoms with E-state index < -0.39 is 0 Å². The van der Waals surface area contributed by atoms with Gasteiger partial charge in [0.15, 0.2) is 0 Å². The molecule has 9 heavy (non-hydrogen) atoms. The van der Waals surface area contributed by atoms with Gasteiger partial charge in [0.25, 0.3) is 0 Å². The molecule has 0 amide bonds. The van der Waals surface area contributed by atoms with Crippen molar-refractivity contribution in [2.24, 2.45) is 0 Å². The van der Waals surface area contributed by atoms with Gasteiger partial charge in [0, 0.05) is 18.1 Å². The lowest BCUT2D eigenvalue weighted by atomic mass is 10.3. The Morgan fingerprint density at radius 3 is 2.89 bits per heavy atom. The van der Waals surface area contributed by atoms with Gasteiger partial charge in [-0.2, -0.15) is 0 Å². The number of hydrogen-bond acceptors (Lipinski definition) is 1. The molecule has 0 spiro atoms. The molecule has 0 aromatic rings.